The van der Waals surface area contributed by atoms with Crippen LogP contribution in [0.25, 0.3) is 10.9 Å². The summed E-state index contributed by atoms with van der Waals surface area (Å²) in [5.41, 5.74) is 1.07. The molecular formula is C15H20N4O2. The summed E-state index contributed by atoms with van der Waals surface area (Å²) in [5, 5.41) is 16.0. The summed E-state index contributed by atoms with van der Waals surface area (Å²) in [5.74, 6) is 0.779. The molecule has 2 aromatic rings. The smallest absolute Gasteiger partial charge is 0.270 e. The molecular weight excluding hydrogens is 268 g/mol. The SMILES string of the molecule is CC[C@H]1CCCN(Cn2ncc3cc([N+](=O)[O-])ccc32)C1. The quantitative estimate of drug-likeness (QED) is 0.641. The minimum Gasteiger partial charge on any atom is -0.284 e. The average Bonchev–Trinajstić information content (AvgIpc) is 2.90. The maximum Gasteiger partial charge on any atom is 0.270 e. The van der Waals surface area contributed by atoms with E-state index in [1.165, 1.54) is 19.3 Å². The Morgan fingerprint density at radius 2 is 2.33 bits per heavy atom. The second kappa shape index (κ2) is 5.81. The zero-order valence-corrected chi connectivity index (χ0v) is 12.2. The van der Waals surface area contributed by atoms with Crippen molar-refractivity contribution in [1.82, 2.24) is 14.7 Å². The summed E-state index contributed by atoms with van der Waals surface area (Å²) < 4.78 is 1.94. The highest BCUT2D eigenvalue weighted by atomic mass is 16.6. The first-order valence-electron chi connectivity index (χ1n) is 7.49. The van der Waals surface area contributed by atoms with Gasteiger partial charge in [-0.3, -0.25) is 19.7 Å². The maximum absolute atomic E-state index is 10.8. The van der Waals surface area contributed by atoms with Gasteiger partial charge in [0.05, 0.1) is 23.3 Å². The molecule has 0 unspecified atom stereocenters. The van der Waals surface area contributed by atoms with E-state index in [1.54, 1.807) is 24.4 Å². The fraction of sp³-hybridized carbons (Fsp3) is 0.533. The third-order valence-corrected chi connectivity index (χ3v) is 4.35. The molecule has 0 bridgehead atoms. The van der Waals surface area contributed by atoms with Crippen molar-refractivity contribution in [3.63, 3.8) is 0 Å². The topological polar surface area (TPSA) is 64.2 Å². The molecule has 0 spiro atoms. The molecule has 1 aromatic heterocycles. The van der Waals surface area contributed by atoms with Crippen LogP contribution in [0.15, 0.2) is 24.4 Å². The van der Waals surface area contributed by atoms with E-state index in [1.807, 2.05) is 4.68 Å². The number of hydrogen-bond donors (Lipinski definition) is 0. The van der Waals surface area contributed by atoms with E-state index in [9.17, 15) is 10.1 Å². The molecule has 2 heterocycles. The van der Waals surface area contributed by atoms with E-state index >= 15 is 0 Å². The Morgan fingerprint density at radius 3 is 3.10 bits per heavy atom. The van der Waals surface area contributed by atoms with Crippen molar-refractivity contribution in [3.8, 4) is 0 Å². The van der Waals surface area contributed by atoms with Crippen molar-refractivity contribution in [3.05, 3.63) is 34.5 Å². The van der Waals surface area contributed by atoms with Gasteiger partial charge in [-0.1, -0.05) is 13.3 Å². The second-order valence-corrected chi connectivity index (χ2v) is 5.78. The minimum absolute atomic E-state index is 0.117. The average molecular weight is 288 g/mol. The first-order valence-corrected chi connectivity index (χ1v) is 7.49. The predicted molar refractivity (Wildman–Crippen MR) is 81.0 cm³/mol. The standard InChI is InChI=1S/C15H20N4O2/c1-2-12-4-3-7-17(10-12)11-18-15-6-5-14(19(20)21)8-13(15)9-16-18/h5-6,8-9,12H,2-4,7,10-11H2,1H3/t12-/m0/s1. The fourth-order valence-electron chi connectivity index (χ4n) is 3.10. The van der Waals surface area contributed by atoms with Crippen LogP contribution in [0.1, 0.15) is 26.2 Å². The molecule has 1 atom stereocenters. The molecule has 0 saturated carbocycles. The van der Waals surface area contributed by atoms with Gasteiger partial charge in [-0.2, -0.15) is 5.10 Å². The molecule has 6 nitrogen and oxygen atoms in total. The van der Waals surface area contributed by atoms with Crippen LogP contribution in [0.3, 0.4) is 0 Å². The Labute approximate surface area is 123 Å². The molecule has 3 rings (SSSR count). The molecule has 0 N–H and O–H groups in total. The third-order valence-electron chi connectivity index (χ3n) is 4.35. The number of non-ortho nitro benzene ring substituents is 1. The molecule has 1 aromatic carbocycles. The van der Waals surface area contributed by atoms with E-state index in [0.29, 0.717) is 0 Å². The van der Waals surface area contributed by atoms with Crippen molar-refractivity contribution in [1.29, 1.82) is 0 Å². The van der Waals surface area contributed by atoms with Crippen molar-refractivity contribution in [2.45, 2.75) is 32.9 Å². The molecule has 1 saturated heterocycles. The number of nitro benzene ring substituents is 1. The van der Waals surface area contributed by atoms with Gasteiger partial charge < -0.3 is 0 Å². The van der Waals surface area contributed by atoms with E-state index in [0.717, 1.165) is 36.6 Å². The van der Waals surface area contributed by atoms with Gasteiger partial charge in [0.25, 0.3) is 5.69 Å². The Bertz CT molecular complexity index is 652. The molecule has 1 aliphatic heterocycles. The molecule has 0 amide bonds. The second-order valence-electron chi connectivity index (χ2n) is 5.78. The summed E-state index contributed by atoms with van der Waals surface area (Å²) in [7, 11) is 0. The Balaban J connectivity index is 1.79. The van der Waals surface area contributed by atoms with Crippen LogP contribution in [0.4, 0.5) is 5.69 Å². The van der Waals surface area contributed by atoms with E-state index < -0.39 is 0 Å². The van der Waals surface area contributed by atoms with Crippen molar-refractivity contribution in [2.24, 2.45) is 5.92 Å². The number of hydrogen-bond acceptors (Lipinski definition) is 4. The minimum atomic E-state index is -0.368. The predicted octanol–water partition coefficient (Wildman–Crippen LogP) is 3.02. The molecule has 21 heavy (non-hydrogen) atoms. The summed E-state index contributed by atoms with van der Waals surface area (Å²) in [6.07, 6.45) is 5.49. The van der Waals surface area contributed by atoms with Crippen LogP contribution in [-0.4, -0.2) is 32.7 Å². The van der Waals surface area contributed by atoms with Crippen molar-refractivity contribution >= 4 is 16.6 Å². The zero-order valence-electron chi connectivity index (χ0n) is 12.2. The first kappa shape index (κ1) is 14.0. The normalized spacial score (nSPS) is 20.0. The number of nitro groups is 1. The summed E-state index contributed by atoms with van der Waals surface area (Å²) in [6.45, 7) is 5.23. The first-order chi connectivity index (χ1) is 10.2. The summed E-state index contributed by atoms with van der Waals surface area (Å²) >= 11 is 0. The van der Waals surface area contributed by atoms with Gasteiger partial charge in [-0.15, -0.1) is 0 Å². The number of fused-ring (bicyclic) bond motifs is 1. The van der Waals surface area contributed by atoms with Gasteiger partial charge in [0.15, 0.2) is 0 Å². The van der Waals surface area contributed by atoms with Crippen LogP contribution in [-0.2, 0) is 6.67 Å². The van der Waals surface area contributed by atoms with Gasteiger partial charge >= 0.3 is 0 Å². The number of likely N-dealkylation sites (tertiary alicyclic amines) is 1. The fourth-order valence-corrected chi connectivity index (χ4v) is 3.10. The lowest BCUT2D eigenvalue weighted by molar-refractivity contribution is -0.384. The lowest BCUT2D eigenvalue weighted by Gasteiger charge is -2.32. The van der Waals surface area contributed by atoms with E-state index in [2.05, 4.69) is 16.9 Å². The van der Waals surface area contributed by atoms with Gasteiger partial charge in [-0.05, 0) is 31.4 Å². The maximum atomic E-state index is 10.8. The highest BCUT2D eigenvalue weighted by molar-refractivity contribution is 5.81. The molecule has 6 heteroatoms. The van der Waals surface area contributed by atoms with Crippen LogP contribution in [0.2, 0.25) is 0 Å². The van der Waals surface area contributed by atoms with Gasteiger partial charge in [0, 0.05) is 24.1 Å². The van der Waals surface area contributed by atoms with Crippen molar-refractivity contribution in [2.75, 3.05) is 13.1 Å². The van der Waals surface area contributed by atoms with E-state index in [4.69, 9.17) is 0 Å². The van der Waals surface area contributed by atoms with Gasteiger partial charge in [0.2, 0.25) is 0 Å². The van der Waals surface area contributed by atoms with Crippen LogP contribution < -0.4 is 0 Å². The number of benzene rings is 1. The monoisotopic (exact) mass is 288 g/mol. The number of aromatic nitrogens is 2. The highest BCUT2D eigenvalue weighted by Gasteiger charge is 2.19. The Morgan fingerprint density at radius 1 is 1.48 bits per heavy atom. The van der Waals surface area contributed by atoms with Gasteiger partial charge in [0.1, 0.15) is 0 Å². The Hall–Kier alpha value is -1.95. The van der Waals surface area contributed by atoms with Crippen LogP contribution >= 0.6 is 0 Å². The lowest BCUT2D eigenvalue weighted by atomic mass is 9.96. The third kappa shape index (κ3) is 2.90. The molecule has 0 radical (unpaired) electrons. The van der Waals surface area contributed by atoms with E-state index in [-0.39, 0.29) is 10.6 Å². The lowest BCUT2D eigenvalue weighted by Crippen LogP contribution is -2.36. The number of nitrogens with zero attached hydrogens (tertiary/aromatic N) is 4. The largest absolute Gasteiger partial charge is 0.284 e. The molecule has 0 aliphatic carbocycles. The molecule has 112 valence electrons. The van der Waals surface area contributed by atoms with Crippen LogP contribution in [0.5, 0.6) is 0 Å². The summed E-state index contributed by atoms with van der Waals surface area (Å²) in [4.78, 5) is 12.9. The molecule has 1 aliphatic rings. The number of piperidine rings is 1. The summed E-state index contributed by atoms with van der Waals surface area (Å²) in [6, 6.07) is 4.93. The Kier molecular flexibility index (Phi) is 3.88. The van der Waals surface area contributed by atoms with Gasteiger partial charge in [-0.25, -0.2) is 0 Å². The van der Waals surface area contributed by atoms with Crippen LogP contribution in [0, 0.1) is 16.0 Å². The van der Waals surface area contributed by atoms with Crippen molar-refractivity contribution < 1.29 is 4.92 Å². The number of rotatable bonds is 4. The highest BCUT2D eigenvalue weighted by Crippen LogP contribution is 2.23. The molecule has 1 fully saturated rings. The zero-order chi connectivity index (χ0) is 14.8.